The minimum Gasteiger partial charge on any atom is -0.349 e. The molecule has 102 valence electrons. The van der Waals surface area contributed by atoms with E-state index >= 15 is 0 Å². The maximum absolute atomic E-state index is 13.6. The molecule has 0 saturated carbocycles. The van der Waals surface area contributed by atoms with Gasteiger partial charge in [-0.25, -0.2) is 4.39 Å². The van der Waals surface area contributed by atoms with Gasteiger partial charge in [-0.1, -0.05) is 24.9 Å². The third-order valence-corrected chi connectivity index (χ3v) is 3.40. The van der Waals surface area contributed by atoms with Crippen LogP contribution in [-0.4, -0.2) is 4.57 Å². The molecule has 1 aromatic carbocycles. The number of nitrogens with two attached hydrogens (primary N) is 1. The van der Waals surface area contributed by atoms with Gasteiger partial charge in [0.1, 0.15) is 5.82 Å². The molecule has 0 saturated heterocycles. The molecule has 0 spiro atoms. The van der Waals surface area contributed by atoms with Gasteiger partial charge >= 0.3 is 0 Å². The fourth-order valence-corrected chi connectivity index (χ4v) is 2.31. The van der Waals surface area contributed by atoms with Crippen LogP contribution in [0.5, 0.6) is 0 Å². The van der Waals surface area contributed by atoms with Crippen molar-refractivity contribution in [1.29, 1.82) is 0 Å². The summed E-state index contributed by atoms with van der Waals surface area (Å²) < 4.78 is 15.6. The van der Waals surface area contributed by atoms with Crippen LogP contribution in [0.25, 0.3) is 0 Å². The van der Waals surface area contributed by atoms with Gasteiger partial charge in [0.15, 0.2) is 0 Å². The van der Waals surface area contributed by atoms with Crippen molar-refractivity contribution in [2.24, 2.45) is 5.73 Å². The fourth-order valence-electron chi connectivity index (χ4n) is 2.12. The predicted octanol–water partition coefficient (Wildman–Crippen LogP) is 4.13. The van der Waals surface area contributed by atoms with Gasteiger partial charge in [0.25, 0.3) is 0 Å². The largest absolute Gasteiger partial charge is 0.349 e. The highest BCUT2D eigenvalue weighted by Gasteiger charge is 2.08. The first-order valence-electron chi connectivity index (χ1n) is 6.45. The lowest BCUT2D eigenvalue weighted by atomic mass is 10.1. The Morgan fingerprint density at radius 3 is 2.89 bits per heavy atom. The van der Waals surface area contributed by atoms with E-state index in [-0.39, 0.29) is 11.9 Å². The maximum atomic E-state index is 13.6. The van der Waals surface area contributed by atoms with Gasteiger partial charge in [-0.15, -0.1) is 0 Å². The van der Waals surface area contributed by atoms with E-state index in [1.165, 1.54) is 6.07 Å². The Morgan fingerprint density at radius 2 is 2.16 bits per heavy atom. The molecule has 0 radical (unpaired) electrons. The minimum absolute atomic E-state index is 0.0514. The second-order valence-electron chi connectivity index (χ2n) is 4.75. The molecule has 2 N–H and O–H groups in total. The zero-order valence-electron chi connectivity index (χ0n) is 10.9. The van der Waals surface area contributed by atoms with Crippen molar-refractivity contribution in [3.8, 4) is 0 Å². The van der Waals surface area contributed by atoms with E-state index < -0.39 is 0 Å². The smallest absolute Gasteiger partial charge is 0.128 e. The van der Waals surface area contributed by atoms with Crippen molar-refractivity contribution in [2.75, 3.05) is 0 Å². The number of nitrogens with zero attached hydrogens (tertiary/aromatic N) is 1. The standard InChI is InChI=1S/C15H18ClFN2/c1-2-3-15(18)11-6-7-19(9-11)10-12-8-13(16)4-5-14(12)17/h4-9,15H,2-3,10,18H2,1H3. The van der Waals surface area contributed by atoms with E-state index in [4.69, 9.17) is 17.3 Å². The van der Waals surface area contributed by atoms with Crippen molar-refractivity contribution >= 4 is 11.6 Å². The first-order valence-corrected chi connectivity index (χ1v) is 6.83. The Morgan fingerprint density at radius 1 is 1.37 bits per heavy atom. The van der Waals surface area contributed by atoms with Crippen LogP contribution in [0.2, 0.25) is 5.02 Å². The second kappa shape index (κ2) is 6.22. The van der Waals surface area contributed by atoms with E-state index in [0.717, 1.165) is 18.4 Å². The van der Waals surface area contributed by atoms with Gasteiger partial charge in [0.2, 0.25) is 0 Å². The van der Waals surface area contributed by atoms with Crippen LogP contribution in [0.4, 0.5) is 4.39 Å². The zero-order chi connectivity index (χ0) is 13.8. The number of hydrogen-bond donors (Lipinski definition) is 1. The summed E-state index contributed by atoms with van der Waals surface area (Å²) in [5.74, 6) is -0.238. The molecule has 1 aromatic heterocycles. The highest BCUT2D eigenvalue weighted by atomic mass is 35.5. The van der Waals surface area contributed by atoms with Crippen LogP contribution in [0.1, 0.15) is 36.9 Å². The van der Waals surface area contributed by atoms with Gasteiger partial charge in [-0.3, -0.25) is 0 Å². The molecule has 1 atom stereocenters. The van der Waals surface area contributed by atoms with Gasteiger partial charge in [0.05, 0.1) is 0 Å². The van der Waals surface area contributed by atoms with E-state index in [0.29, 0.717) is 17.1 Å². The van der Waals surface area contributed by atoms with Gasteiger partial charge < -0.3 is 10.3 Å². The number of halogens is 2. The molecule has 1 unspecified atom stereocenters. The normalized spacial score (nSPS) is 12.6. The quantitative estimate of drug-likeness (QED) is 0.877. The van der Waals surface area contributed by atoms with Crippen LogP contribution < -0.4 is 5.73 Å². The molecule has 1 heterocycles. The Balaban J connectivity index is 2.13. The minimum atomic E-state index is -0.238. The average Bonchev–Trinajstić information content (AvgIpc) is 2.83. The number of rotatable bonds is 5. The van der Waals surface area contributed by atoms with E-state index in [9.17, 15) is 4.39 Å². The molecule has 0 fully saturated rings. The van der Waals surface area contributed by atoms with Crippen molar-refractivity contribution in [3.05, 3.63) is 58.6 Å². The zero-order valence-corrected chi connectivity index (χ0v) is 11.7. The lowest BCUT2D eigenvalue weighted by Crippen LogP contribution is -2.08. The van der Waals surface area contributed by atoms with Crippen molar-refractivity contribution in [1.82, 2.24) is 4.57 Å². The molecular formula is C15H18ClFN2. The average molecular weight is 281 g/mol. The van der Waals surface area contributed by atoms with Crippen molar-refractivity contribution in [3.63, 3.8) is 0 Å². The Hall–Kier alpha value is -1.32. The van der Waals surface area contributed by atoms with Crippen LogP contribution in [-0.2, 0) is 6.54 Å². The van der Waals surface area contributed by atoms with Crippen LogP contribution in [0, 0.1) is 5.82 Å². The Bertz CT molecular complexity index is 551. The molecule has 0 aliphatic rings. The molecule has 2 rings (SSSR count). The van der Waals surface area contributed by atoms with Crippen LogP contribution in [0.15, 0.2) is 36.7 Å². The number of hydrogen-bond acceptors (Lipinski definition) is 1. The fraction of sp³-hybridized carbons (Fsp3) is 0.333. The highest BCUT2D eigenvalue weighted by molar-refractivity contribution is 6.30. The Labute approximate surface area is 118 Å². The summed E-state index contributed by atoms with van der Waals surface area (Å²) in [4.78, 5) is 0. The van der Waals surface area contributed by atoms with Crippen molar-refractivity contribution < 1.29 is 4.39 Å². The molecule has 0 aliphatic heterocycles. The summed E-state index contributed by atoms with van der Waals surface area (Å²) in [7, 11) is 0. The molecule has 0 bridgehead atoms. The predicted molar refractivity (Wildman–Crippen MR) is 76.8 cm³/mol. The first-order chi connectivity index (χ1) is 9.10. The van der Waals surface area contributed by atoms with Gasteiger partial charge in [0, 0.05) is 35.6 Å². The first kappa shape index (κ1) is 14.1. The lowest BCUT2D eigenvalue weighted by molar-refractivity contribution is 0.598. The third-order valence-electron chi connectivity index (χ3n) is 3.16. The molecule has 2 aromatic rings. The molecule has 19 heavy (non-hydrogen) atoms. The summed E-state index contributed by atoms with van der Waals surface area (Å²) in [6.07, 6.45) is 5.90. The summed E-state index contributed by atoms with van der Waals surface area (Å²) in [6.45, 7) is 2.57. The molecular weight excluding hydrogens is 263 g/mol. The maximum Gasteiger partial charge on any atom is 0.128 e. The lowest BCUT2D eigenvalue weighted by Gasteiger charge is -2.08. The van der Waals surface area contributed by atoms with Crippen molar-refractivity contribution in [2.45, 2.75) is 32.4 Å². The summed E-state index contributed by atoms with van der Waals surface area (Å²) in [5.41, 5.74) is 7.73. The topological polar surface area (TPSA) is 30.9 Å². The van der Waals surface area contributed by atoms with Gasteiger partial charge in [-0.2, -0.15) is 0 Å². The van der Waals surface area contributed by atoms with Crippen LogP contribution in [0.3, 0.4) is 0 Å². The molecule has 0 aliphatic carbocycles. The molecule has 2 nitrogen and oxygen atoms in total. The number of benzene rings is 1. The van der Waals surface area contributed by atoms with Gasteiger partial charge in [-0.05, 0) is 36.2 Å². The SMILES string of the molecule is CCCC(N)c1ccn(Cc2cc(Cl)ccc2F)c1. The number of aromatic nitrogens is 1. The monoisotopic (exact) mass is 280 g/mol. The molecule has 0 amide bonds. The highest BCUT2D eigenvalue weighted by Crippen LogP contribution is 2.19. The third kappa shape index (κ3) is 3.58. The van der Waals surface area contributed by atoms with E-state index in [1.807, 2.05) is 23.0 Å². The second-order valence-corrected chi connectivity index (χ2v) is 5.18. The summed E-state index contributed by atoms with van der Waals surface area (Å²) in [5, 5.41) is 0.548. The van der Waals surface area contributed by atoms with Crippen LogP contribution >= 0.6 is 11.6 Å². The Kier molecular flexibility index (Phi) is 4.61. The summed E-state index contributed by atoms with van der Waals surface area (Å²) >= 11 is 5.88. The molecule has 4 heteroatoms. The van der Waals surface area contributed by atoms with E-state index in [2.05, 4.69) is 6.92 Å². The summed E-state index contributed by atoms with van der Waals surface area (Å²) in [6, 6.07) is 6.64. The van der Waals surface area contributed by atoms with E-state index in [1.54, 1.807) is 12.1 Å².